The molecule has 0 spiro atoms. The first-order chi connectivity index (χ1) is 16.8. The molecule has 2 aromatic carbocycles. The molecule has 184 valence electrons. The Kier molecular flexibility index (Phi) is 7.63. The van der Waals surface area contributed by atoms with Gasteiger partial charge in [-0.3, -0.25) is 14.4 Å². The number of amides is 3. The lowest BCUT2D eigenvalue weighted by atomic mass is 10.00. The Balaban J connectivity index is 1.60. The number of carbonyl (C=O) groups excluding carboxylic acids is 3. The number of fused-ring (bicyclic) bond motifs is 1. The highest BCUT2D eigenvalue weighted by Crippen LogP contribution is 2.30. The molecule has 1 aliphatic heterocycles. The Hall–Kier alpha value is -3.48. The molecule has 7 heteroatoms. The molecule has 7 nitrogen and oxygen atoms in total. The van der Waals surface area contributed by atoms with Crippen LogP contribution in [0.25, 0.3) is 0 Å². The third kappa shape index (κ3) is 5.61. The van der Waals surface area contributed by atoms with Crippen molar-refractivity contribution in [2.45, 2.75) is 71.1 Å². The number of hydrogen-bond donors (Lipinski definition) is 2. The SMILES string of the molecule is CC(C)N1C(=O)C(NC(=O)[C@H](C)NC(=O)CC2CCCC2)N=C(c2ccccc2)c2ccccc21. The number of nitrogens with one attached hydrogen (secondary N) is 2. The van der Waals surface area contributed by atoms with Crippen LogP contribution in [-0.4, -0.2) is 41.7 Å². The van der Waals surface area contributed by atoms with Crippen LogP contribution in [0.4, 0.5) is 5.69 Å². The number of rotatable bonds is 7. The number of aliphatic imine (C=N–C) groups is 1. The number of benzodiazepines with no additional fused rings is 1. The molecule has 0 radical (unpaired) electrons. The van der Waals surface area contributed by atoms with Crippen LogP contribution >= 0.6 is 0 Å². The minimum Gasteiger partial charge on any atom is -0.345 e. The van der Waals surface area contributed by atoms with Gasteiger partial charge in [0.05, 0.1) is 11.4 Å². The normalized spacial score (nSPS) is 19.1. The summed E-state index contributed by atoms with van der Waals surface area (Å²) in [5.74, 6) is -0.480. The number of nitrogens with zero attached hydrogens (tertiary/aromatic N) is 2. The fraction of sp³-hybridized carbons (Fsp3) is 0.429. The molecule has 2 aliphatic rings. The van der Waals surface area contributed by atoms with Gasteiger partial charge in [0.15, 0.2) is 0 Å². The number of carbonyl (C=O) groups is 3. The van der Waals surface area contributed by atoms with E-state index in [9.17, 15) is 14.4 Å². The van der Waals surface area contributed by atoms with Gasteiger partial charge in [0.2, 0.25) is 18.0 Å². The molecule has 1 fully saturated rings. The lowest BCUT2D eigenvalue weighted by molar-refractivity contribution is -0.131. The van der Waals surface area contributed by atoms with E-state index in [0.717, 1.165) is 42.5 Å². The Labute approximate surface area is 207 Å². The molecule has 1 saturated carbocycles. The van der Waals surface area contributed by atoms with Crippen molar-refractivity contribution in [3.05, 3.63) is 65.7 Å². The fourth-order valence-electron chi connectivity index (χ4n) is 4.94. The zero-order chi connectivity index (χ0) is 24.9. The number of benzene rings is 2. The van der Waals surface area contributed by atoms with Crippen molar-refractivity contribution >= 4 is 29.1 Å². The summed E-state index contributed by atoms with van der Waals surface area (Å²) >= 11 is 0. The van der Waals surface area contributed by atoms with E-state index in [-0.39, 0.29) is 17.9 Å². The highest BCUT2D eigenvalue weighted by atomic mass is 16.2. The lowest BCUT2D eigenvalue weighted by Gasteiger charge is -2.29. The van der Waals surface area contributed by atoms with E-state index in [2.05, 4.69) is 10.6 Å². The zero-order valence-corrected chi connectivity index (χ0v) is 20.7. The van der Waals surface area contributed by atoms with E-state index >= 15 is 0 Å². The van der Waals surface area contributed by atoms with Gasteiger partial charge in [-0.25, -0.2) is 4.99 Å². The van der Waals surface area contributed by atoms with E-state index in [1.165, 1.54) is 0 Å². The molecule has 1 heterocycles. The molecule has 0 bridgehead atoms. The quantitative estimate of drug-likeness (QED) is 0.639. The zero-order valence-electron chi connectivity index (χ0n) is 20.7. The molecule has 4 rings (SSSR count). The monoisotopic (exact) mass is 474 g/mol. The van der Waals surface area contributed by atoms with Gasteiger partial charge >= 0.3 is 0 Å². The molecule has 1 unspecified atom stereocenters. The Morgan fingerprint density at radius 3 is 2.34 bits per heavy atom. The third-order valence-corrected chi connectivity index (χ3v) is 6.71. The van der Waals surface area contributed by atoms with Crippen LogP contribution in [0.3, 0.4) is 0 Å². The van der Waals surface area contributed by atoms with Gasteiger partial charge in [0.1, 0.15) is 6.04 Å². The minimum atomic E-state index is -1.11. The van der Waals surface area contributed by atoms with Gasteiger partial charge < -0.3 is 15.5 Å². The van der Waals surface area contributed by atoms with Crippen molar-refractivity contribution in [1.82, 2.24) is 10.6 Å². The van der Waals surface area contributed by atoms with Gasteiger partial charge in [-0.2, -0.15) is 0 Å². The van der Waals surface area contributed by atoms with Crippen LogP contribution in [0.15, 0.2) is 59.6 Å². The third-order valence-electron chi connectivity index (χ3n) is 6.71. The molecular formula is C28H34N4O3. The summed E-state index contributed by atoms with van der Waals surface area (Å²) in [7, 11) is 0. The Morgan fingerprint density at radius 2 is 1.66 bits per heavy atom. The molecule has 2 aromatic rings. The maximum Gasteiger partial charge on any atom is 0.272 e. The topological polar surface area (TPSA) is 90.9 Å². The van der Waals surface area contributed by atoms with Crippen LogP contribution in [0.2, 0.25) is 0 Å². The Bertz CT molecular complexity index is 1110. The second-order valence-corrected chi connectivity index (χ2v) is 9.72. The molecule has 0 aromatic heterocycles. The highest BCUT2D eigenvalue weighted by Gasteiger charge is 2.35. The predicted octanol–water partition coefficient (Wildman–Crippen LogP) is 3.81. The van der Waals surface area contributed by atoms with Gasteiger partial charge in [-0.15, -0.1) is 0 Å². The smallest absolute Gasteiger partial charge is 0.272 e. The van der Waals surface area contributed by atoms with Crippen LogP contribution in [0.5, 0.6) is 0 Å². The van der Waals surface area contributed by atoms with E-state index in [1.54, 1.807) is 11.8 Å². The molecule has 35 heavy (non-hydrogen) atoms. The van der Waals surface area contributed by atoms with Crippen LogP contribution in [0, 0.1) is 5.92 Å². The summed E-state index contributed by atoms with van der Waals surface area (Å²) in [6, 6.07) is 16.4. The Morgan fingerprint density at radius 1 is 1.00 bits per heavy atom. The van der Waals surface area contributed by atoms with Gasteiger partial charge in [-0.05, 0) is 45.6 Å². The van der Waals surface area contributed by atoms with Crippen molar-refractivity contribution in [2.24, 2.45) is 10.9 Å². The molecule has 2 N–H and O–H groups in total. The van der Waals surface area contributed by atoms with Crippen molar-refractivity contribution in [3.63, 3.8) is 0 Å². The average molecular weight is 475 g/mol. The van der Waals surface area contributed by atoms with E-state index in [4.69, 9.17) is 4.99 Å². The van der Waals surface area contributed by atoms with E-state index < -0.39 is 18.1 Å². The van der Waals surface area contributed by atoms with Crippen molar-refractivity contribution in [3.8, 4) is 0 Å². The minimum absolute atomic E-state index is 0.128. The second-order valence-electron chi connectivity index (χ2n) is 9.72. The van der Waals surface area contributed by atoms with E-state index in [1.807, 2.05) is 68.4 Å². The van der Waals surface area contributed by atoms with Crippen molar-refractivity contribution < 1.29 is 14.4 Å². The number of anilines is 1. The maximum absolute atomic E-state index is 13.7. The van der Waals surface area contributed by atoms with Crippen LogP contribution in [-0.2, 0) is 14.4 Å². The standard InChI is InChI=1S/C28H34N4O3/c1-18(2)32-23-16-10-9-15-22(23)25(21-13-5-4-6-14-21)30-26(28(32)35)31-27(34)19(3)29-24(33)17-20-11-7-8-12-20/h4-6,9-10,13-16,18-20,26H,7-8,11-12,17H2,1-3H3,(H,29,33)(H,31,34)/t19-,26?/m0/s1. The molecule has 3 amide bonds. The summed E-state index contributed by atoms with van der Waals surface area (Å²) in [6.07, 6.45) is 3.77. The van der Waals surface area contributed by atoms with Crippen LogP contribution in [0.1, 0.15) is 64.0 Å². The molecule has 2 atom stereocenters. The molecular weight excluding hydrogens is 440 g/mol. The molecule has 1 aliphatic carbocycles. The summed E-state index contributed by atoms with van der Waals surface area (Å²) in [6.45, 7) is 5.51. The van der Waals surface area contributed by atoms with Gasteiger partial charge in [0.25, 0.3) is 5.91 Å². The van der Waals surface area contributed by atoms with Crippen molar-refractivity contribution in [1.29, 1.82) is 0 Å². The fourth-order valence-corrected chi connectivity index (χ4v) is 4.94. The first kappa shape index (κ1) is 24.6. The predicted molar refractivity (Wildman–Crippen MR) is 137 cm³/mol. The van der Waals surface area contributed by atoms with Crippen molar-refractivity contribution in [2.75, 3.05) is 4.90 Å². The maximum atomic E-state index is 13.7. The van der Waals surface area contributed by atoms with Gasteiger partial charge in [-0.1, -0.05) is 61.4 Å². The largest absolute Gasteiger partial charge is 0.345 e. The second kappa shape index (κ2) is 10.8. The number of para-hydroxylation sites is 1. The number of hydrogen-bond acceptors (Lipinski definition) is 4. The lowest BCUT2D eigenvalue weighted by Crippen LogP contribution is -2.54. The summed E-state index contributed by atoms with van der Waals surface area (Å²) < 4.78 is 0. The molecule has 0 saturated heterocycles. The van der Waals surface area contributed by atoms with E-state index in [0.29, 0.717) is 18.1 Å². The van der Waals surface area contributed by atoms with Gasteiger partial charge in [0, 0.05) is 23.6 Å². The highest BCUT2D eigenvalue weighted by molar-refractivity contribution is 6.20. The first-order valence-electron chi connectivity index (χ1n) is 12.5. The summed E-state index contributed by atoms with van der Waals surface area (Å²) in [5, 5.41) is 5.59. The van der Waals surface area contributed by atoms with Crippen LogP contribution < -0.4 is 15.5 Å². The average Bonchev–Trinajstić information content (AvgIpc) is 3.31. The first-order valence-corrected chi connectivity index (χ1v) is 12.5. The summed E-state index contributed by atoms with van der Waals surface area (Å²) in [5.41, 5.74) is 3.08. The summed E-state index contributed by atoms with van der Waals surface area (Å²) in [4.78, 5) is 45.6.